The van der Waals surface area contributed by atoms with Crippen LogP contribution in [0.5, 0.6) is 0 Å². The standard InChI is InChI=1S/C25H42O5S/c1-17(16-30-31(4,26)27)20-7-8-21-19-6-5-18-15-25(28-13-14-29-25)12-11-23(18,2)22(19)9-10-24(20,21)3/h17-22H,5-16H2,1-4H3/t17-,18+,19?,20-,21?,22?,23+,24-/m1/s1. The molecule has 0 aromatic heterocycles. The molecule has 5 aliphatic rings. The van der Waals surface area contributed by atoms with Crippen molar-refractivity contribution < 1.29 is 22.1 Å². The van der Waals surface area contributed by atoms with Crippen LogP contribution in [0.25, 0.3) is 0 Å². The average Bonchev–Trinajstić information content (AvgIpc) is 3.30. The zero-order chi connectivity index (χ0) is 22.1. The van der Waals surface area contributed by atoms with Gasteiger partial charge in [0.1, 0.15) is 0 Å². The zero-order valence-corrected chi connectivity index (χ0v) is 20.7. The lowest BCUT2D eigenvalue weighted by atomic mass is 9.44. The summed E-state index contributed by atoms with van der Waals surface area (Å²) in [6.07, 6.45) is 12.4. The molecule has 1 spiro atoms. The molecule has 1 heterocycles. The van der Waals surface area contributed by atoms with E-state index in [9.17, 15) is 8.42 Å². The number of ether oxygens (including phenoxy) is 2. The minimum atomic E-state index is -3.37. The molecule has 0 aromatic carbocycles. The van der Waals surface area contributed by atoms with Crippen LogP contribution in [0.2, 0.25) is 0 Å². The largest absolute Gasteiger partial charge is 0.348 e. The predicted octanol–water partition coefficient (Wildman–Crippen LogP) is 5.00. The average molecular weight is 455 g/mol. The van der Waals surface area contributed by atoms with E-state index in [1.807, 2.05) is 0 Å². The first-order valence-electron chi connectivity index (χ1n) is 12.7. The first kappa shape index (κ1) is 22.6. The van der Waals surface area contributed by atoms with Crippen molar-refractivity contribution in [3.63, 3.8) is 0 Å². The van der Waals surface area contributed by atoms with E-state index in [2.05, 4.69) is 20.8 Å². The second-order valence-electron chi connectivity index (χ2n) is 12.2. The summed E-state index contributed by atoms with van der Waals surface area (Å²) in [6, 6.07) is 0. The predicted molar refractivity (Wildman–Crippen MR) is 120 cm³/mol. The maximum absolute atomic E-state index is 11.5. The van der Waals surface area contributed by atoms with E-state index in [0.717, 1.165) is 49.7 Å². The molecule has 5 rings (SSSR count). The Morgan fingerprint density at radius 3 is 2.35 bits per heavy atom. The molecule has 0 bridgehead atoms. The van der Waals surface area contributed by atoms with Crippen molar-refractivity contribution >= 4 is 10.1 Å². The van der Waals surface area contributed by atoms with E-state index < -0.39 is 10.1 Å². The van der Waals surface area contributed by atoms with E-state index in [4.69, 9.17) is 13.7 Å². The van der Waals surface area contributed by atoms with Gasteiger partial charge in [-0.15, -0.1) is 0 Å². The van der Waals surface area contributed by atoms with Gasteiger partial charge in [-0.3, -0.25) is 4.18 Å². The Balaban J connectivity index is 1.31. The topological polar surface area (TPSA) is 61.8 Å². The van der Waals surface area contributed by atoms with Crippen molar-refractivity contribution in [2.45, 2.75) is 84.3 Å². The summed E-state index contributed by atoms with van der Waals surface area (Å²) in [6.45, 7) is 9.18. The quantitative estimate of drug-likeness (QED) is 0.559. The fourth-order valence-corrected chi connectivity index (χ4v) is 9.74. The fraction of sp³-hybridized carbons (Fsp3) is 1.00. The molecule has 6 heteroatoms. The van der Waals surface area contributed by atoms with Crippen LogP contribution >= 0.6 is 0 Å². The van der Waals surface area contributed by atoms with Crippen molar-refractivity contribution in [3.05, 3.63) is 0 Å². The molecule has 31 heavy (non-hydrogen) atoms. The van der Waals surface area contributed by atoms with Crippen LogP contribution in [0.3, 0.4) is 0 Å². The molecule has 4 aliphatic carbocycles. The third-order valence-electron chi connectivity index (χ3n) is 10.8. The van der Waals surface area contributed by atoms with Gasteiger partial charge >= 0.3 is 0 Å². The van der Waals surface area contributed by atoms with Gasteiger partial charge in [0, 0.05) is 12.8 Å². The van der Waals surface area contributed by atoms with Gasteiger partial charge in [-0.25, -0.2) is 0 Å². The number of fused-ring (bicyclic) bond motifs is 5. The molecule has 4 saturated carbocycles. The summed E-state index contributed by atoms with van der Waals surface area (Å²) in [7, 11) is -3.37. The van der Waals surface area contributed by atoms with Crippen LogP contribution in [0, 0.1) is 46.3 Å². The molecule has 0 N–H and O–H groups in total. The molecule has 0 aromatic rings. The highest BCUT2D eigenvalue weighted by Gasteiger charge is 2.62. The minimum Gasteiger partial charge on any atom is -0.348 e. The number of rotatable bonds is 4. The highest BCUT2D eigenvalue weighted by molar-refractivity contribution is 7.85. The maximum Gasteiger partial charge on any atom is 0.264 e. The summed E-state index contributed by atoms with van der Waals surface area (Å²) in [4.78, 5) is 0. The summed E-state index contributed by atoms with van der Waals surface area (Å²) in [5, 5.41) is 0. The number of hydrogen-bond donors (Lipinski definition) is 0. The van der Waals surface area contributed by atoms with Gasteiger partial charge in [-0.05, 0) is 91.3 Å². The van der Waals surface area contributed by atoms with E-state index in [-0.39, 0.29) is 5.79 Å². The van der Waals surface area contributed by atoms with Gasteiger partial charge in [0.25, 0.3) is 10.1 Å². The van der Waals surface area contributed by atoms with Crippen LogP contribution in [0.15, 0.2) is 0 Å². The van der Waals surface area contributed by atoms with Crippen molar-refractivity contribution in [2.75, 3.05) is 26.1 Å². The van der Waals surface area contributed by atoms with Gasteiger partial charge in [0.05, 0.1) is 26.1 Å². The smallest absolute Gasteiger partial charge is 0.264 e. The van der Waals surface area contributed by atoms with E-state index in [0.29, 0.717) is 29.3 Å². The second-order valence-corrected chi connectivity index (χ2v) is 13.8. The lowest BCUT2D eigenvalue weighted by Gasteiger charge is -2.62. The second kappa shape index (κ2) is 7.68. The van der Waals surface area contributed by atoms with Gasteiger partial charge in [0.15, 0.2) is 5.79 Å². The Morgan fingerprint density at radius 2 is 1.65 bits per heavy atom. The van der Waals surface area contributed by atoms with Crippen LogP contribution in [-0.2, 0) is 23.8 Å². The number of hydrogen-bond acceptors (Lipinski definition) is 5. The van der Waals surface area contributed by atoms with Gasteiger partial charge in [-0.2, -0.15) is 8.42 Å². The Bertz CT molecular complexity index is 790. The molecule has 1 saturated heterocycles. The van der Waals surface area contributed by atoms with Gasteiger partial charge < -0.3 is 9.47 Å². The molecule has 5 fully saturated rings. The fourth-order valence-electron chi connectivity index (χ4n) is 9.28. The van der Waals surface area contributed by atoms with Crippen molar-refractivity contribution in [2.24, 2.45) is 46.3 Å². The van der Waals surface area contributed by atoms with E-state index in [1.165, 1.54) is 51.2 Å². The summed E-state index contributed by atoms with van der Waals surface area (Å²) in [5.74, 6) is 3.75. The Hall–Kier alpha value is -0.170. The lowest BCUT2D eigenvalue weighted by molar-refractivity contribution is -0.229. The summed E-state index contributed by atoms with van der Waals surface area (Å²) >= 11 is 0. The Labute approximate surface area is 189 Å². The SMILES string of the molecule is C[C@H](COS(C)(=O)=O)[C@H]1CCC2C3CC[C@H]4CC5(CC[C@]4(C)C3CC[C@@]21C)OCCO5. The normalized spacial score (nSPS) is 47.5. The van der Waals surface area contributed by atoms with Crippen LogP contribution in [0.4, 0.5) is 0 Å². The maximum atomic E-state index is 11.5. The van der Waals surface area contributed by atoms with Gasteiger partial charge in [0.2, 0.25) is 0 Å². The first-order valence-corrected chi connectivity index (χ1v) is 14.5. The van der Waals surface area contributed by atoms with Crippen molar-refractivity contribution in [3.8, 4) is 0 Å². The molecule has 5 nitrogen and oxygen atoms in total. The molecule has 3 unspecified atom stereocenters. The molecule has 178 valence electrons. The first-order chi connectivity index (χ1) is 14.6. The minimum absolute atomic E-state index is 0.270. The molecule has 0 amide bonds. The highest BCUT2D eigenvalue weighted by Crippen LogP contribution is 2.69. The zero-order valence-electron chi connectivity index (χ0n) is 19.9. The van der Waals surface area contributed by atoms with E-state index in [1.54, 1.807) is 0 Å². The third kappa shape index (κ3) is 3.72. The lowest BCUT2D eigenvalue weighted by Crippen LogP contribution is -2.56. The Kier molecular flexibility index (Phi) is 5.60. The van der Waals surface area contributed by atoms with Crippen molar-refractivity contribution in [1.82, 2.24) is 0 Å². The van der Waals surface area contributed by atoms with E-state index >= 15 is 0 Å². The monoisotopic (exact) mass is 454 g/mol. The summed E-state index contributed by atoms with van der Waals surface area (Å²) in [5.41, 5.74) is 0.756. The Morgan fingerprint density at radius 1 is 0.935 bits per heavy atom. The molecule has 8 atom stereocenters. The molecule has 0 radical (unpaired) electrons. The molecular weight excluding hydrogens is 412 g/mol. The third-order valence-corrected chi connectivity index (χ3v) is 11.4. The van der Waals surface area contributed by atoms with Crippen LogP contribution in [0.1, 0.15) is 78.6 Å². The van der Waals surface area contributed by atoms with Crippen molar-refractivity contribution in [1.29, 1.82) is 0 Å². The van der Waals surface area contributed by atoms with Crippen LogP contribution < -0.4 is 0 Å². The molecule has 1 aliphatic heterocycles. The summed E-state index contributed by atoms with van der Waals surface area (Å²) < 4.78 is 40.5. The van der Waals surface area contributed by atoms with Gasteiger partial charge in [-0.1, -0.05) is 20.8 Å². The highest BCUT2D eigenvalue weighted by atomic mass is 32.2. The van der Waals surface area contributed by atoms with Crippen LogP contribution in [-0.4, -0.2) is 40.3 Å². The molecular formula is C25H42O5S.